The Morgan fingerprint density at radius 2 is 2.00 bits per heavy atom. The fraction of sp³-hybridized carbons (Fsp3) is 0.591. The van der Waals surface area contributed by atoms with Crippen LogP contribution in [0.15, 0.2) is 22.7 Å². The maximum Gasteiger partial charge on any atom is 0.410 e. The van der Waals surface area contributed by atoms with Gasteiger partial charge in [0.1, 0.15) is 11.6 Å². The van der Waals surface area contributed by atoms with Gasteiger partial charge in [-0.05, 0) is 50.5 Å². The van der Waals surface area contributed by atoms with Gasteiger partial charge in [0, 0.05) is 18.0 Å². The van der Waals surface area contributed by atoms with Crippen molar-refractivity contribution < 1.29 is 19.1 Å². The Morgan fingerprint density at radius 3 is 2.53 bits per heavy atom. The number of carbonyl (C=O) groups is 2. The summed E-state index contributed by atoms with van der Waals surface area (Å²) in [5.74, 6) is -0.398. The fourth-order valence-electron chi connectivity index (χ4n) is 3.33. The lowest BCUT2D eigenvalue weighted by Gasteiger charge is -2.47. The van der Waals surface area contributed by atoms with Crippen molar-refractivity contribution >= 4 is 27.9 Å². The van der Waals surface area contributed by atoms with E-state index in [2.05, 4.69) is 40.3 Å². The third kappa shape index (κ3) is 5.96. The molecule has 2 rings (SSSR count). The zero-order valence-electron chi connectivity index (χ0n) is 18.3. The molecule has 0 saturated carbocycles. The minimum Gasteiger partial charge on any atom is -0.444 e. The number of ether oxygens (including phenoxy) is 2. The van der Waals surface area contributed by atoms with E-state index in [1.54, 1.807) is 20.8 Å². The molecule has 7 nitrogen and oxygen atoms in total. The van der Waals surface area contributed by atoms with Crippen molar-refractivity contribution in [1.29, 1.82) is 5.26 Å². The average molecular weight is 480 g/mol. The van der Waals surface area contributed by atoms with Crippen LogP contribution in [0.5, 0.6) is 0 Å². The molecule has 0 bridgehead atoms. The highest BCUT2D eigenvalue weighted by Crippen LogP contribution is 2.27. The molecular formula is C22H30BrN3O4. The Morgan fingerprint density at radius 1 is 1.33 bits per heavy atom. The van der Waals surface area contributed by atoms with Crippen molar-refractivity contribution in [3.63, 3.8) is 0 Å². The number of aryl methyl sites for hydroxylation is 1. The third-order valence-corrected chi connectivity index (χ3v) is 5.41. The second-order valence-electron chi connectivity index (χ2n) is 8.56. The van der Waals surface area contributed by atoms with Gasteiger partial charge in [-0.25, -0.2) is 4.79 Å². The van der Waals surface area contributed by atoms with Crippen LogP contribution in [0.3, 0.4) is 0 Å². The highest BCUT2D eigenvalue weighted by molar-refractivity contribution is 9.10. The van der Waals surface area contributed by atoms with Crippen LogP contribution in [-0.4, -0.2) is 54.3 Å². The van der Waals surface area contributed by atoms with Gasteiger partial charge in [-0.3, -0.25) is 4.79 Å². The quantitative estimate of drug-likeness (QED) is 0.644. The minimum absolute atomic E-state index is 0.0851. The summed E-state index contributed by atoms with van der Waals surface area (Å²) in [5, 5.41) is 12.4. The standard InChI is InChI=1S/C22H30BrN3O4/c1-6-7-15-10-17(23)9-8-16(15)11-18(12-24)25-19(27)22(29-5)13-26(14-22)20(28)30-21(2,3)4/h8-10,18H,6-7,11,13-14H2,1-5H3,(H,25,27)/t18-/m0/s1. The fourth-order valence-corrected chi connectivity index (χ4v) is 3.73. The molecule has 0 unspecified atom stereocenters. The second-order valence-corrected chi connectivity index (χ2v) is 9.47. The minimum atomic E-state index is -1.17. The molecular weight excluding hydrogens is 450 g/mol. The van der Waals surface area contributed by atoms with Crippen molar-refractivity contribution in [3.8, 4) is 6.07 Å². The first kappa shape index (κ1) is 24.2. The van der Waals surface area contributed by atoms with Crippen LogP contribution in [0, 0.1) is 11.3 Å². The normalized spacial score (nSPS) is 16.2. The summed E-state index contributed by atoms with van der Waals surface area (Å²) in [6.07, 6.45) is 1.80. The number of methoxy groups -OCH3 is 1. The van der Waals surface area contributed by atoms with Gasteiger partial charge >= 0.3 is 6.09 Å². The van der Waals surface area contributed by atoms with Crippen LogP contribution in [-0.2, 0) is 27.1 Å². The lowest BCUT2D eigenvalue weighted by atomic mass is 9.92. The molecule has 1 aromatic rings. The van der Waals surface area contributed by atoms with Crippen LogP contribution >= 0.6 is 15.9 Å². The van der Waals surface area contributed by atoms with E-state index in [0.717, 1.165) is 28.4 Å². The number of halogens is 1. The molecule has 1 fully saturated rings. The molecule has 2 amide bonds. The van der Waals surface area contributed by atoms with Gasteiger partial charge in [-0.1, -0.05) is 35.3 Å². The summed E-state index contributed by atoms with van der Waals surface area (Å²) in [6, 6.07) is 7.44. The van der Waals surface area contributed by atoms with Crippen molar-refractivity contribution in [2.45, 2.75) is 64.2 Å². The first-order chi connectivity index (χ1) is 14.0. The Labute approximate surface area is 186 Å². The highest BCUT2D eigenvalue weighted by Gasteiger charge is 2.53. The van der Waals surface area contributed by atoms with Gasteiger partial charge in [0.05, 0.1) is 19.2 Å². The Kier molecular flexibility index (Phi) is 7.89. The summed E-state index contributed by atoms with van der Waals surface area (Å²) in [6.45, 7) is 7.63. The van der Waals surface area contributed by atoms with Crippen LogP contribution in [0.2, 0.25) is 0 Å². The molecule has 1 aliphatic heterocycles. The van der Waals surface area contributed by atoms with E-state index >= 15 is 0 Å². The molecule has 0 spiro atoms. The molecule has 164 valence electrons. The van der Waals surface area contributed by atoms with Gasteiger partial charge in [0.15, 0.2) is 5.60 Å². The van der Waals surface area contributed by atoms with Crippen LogP contribution in [0.25, 0.3) is 0 Å². The first-order valence-electron chi connectivity index (χ1n) is 10.0. The van der Waals surface area contributed by atoms with E-state index in [4.69, 9.17) is 9.47 Å². The number of hydrogen-bond acceptors (Lipinski definition) is 5. The number of nitriles is 1. The van der Waals surface area contributed by atoms with Crippen molar-refractivity contribution in [1.82, 2.24) is 10.2 Å². The summed E-state index contributed by atoms with van der Waals surface area (Å²) in [7, 11) is 1.43. The summed E-state index contributed by atoms with van der Waals surface area (Å²) in [5.41, 5.74) is 0.403. The van der Waals surface area contributed by atoms with Crippen molar-refractivity contribution in [3.05, 3.63) is 33.8 Å². The van der Waals surface area contributed by atoms with Crippen LogP contribution < -0.4 is 5.32 Å². The molecule has 8 heteroatoms. The molecule has 1 aromatic carbocycles. The highest BCUT2D eigenvalue weighted by atomic mass is 79.9. The first-order valence-corrected chi connectivity index (χ1v) is 10.8. The van der Waals surface area contributed by atoms with Gasteiger partial charge in [0.25, 0.3) is 5.91 Å². The van der Waals surface area contributed by atoms with E-state index in [-0.39, 0.29) is 13.1 Å². The number of amides is 2. The van der Waals surface area contributed by atoms with Gasteiger partial charge in [-0.2, -0.15) is 5.26 Å². The molecule has 1 N–H and O–H groups in total. The topological polar surface area (TPSA) is 91.7 Å². The van der Waals surface area contributed by atoms with E-state index in [1.807, 2.05) is 12.1 Å². The smallest absolute Gasteiger partial charge is 0.410 e. The monoisotopic (exact) mass is 479 g/mol. The number of likely N-dealkylation sites (tertiary alicyclic amines) is 1. The summed E-state index contributed by atoms with van der Waals surface area (Å²) < 4.78 is 11.8. The maximum atomic E-state index is 12.9. The lowest BCUT2D eigenvalue weighted by Crippen LogP contribution is -2.71. The van der Waals surface area contributed by atoms with Crippen molar-refractivity contribution in [2.75, 3.05) is 20.2 Å². The molecule has 1 saturated heterocycles. The number of nitrogens with zero attached hydrogens (tertiary/aromatic N) is 2. The van der Waals surface area contributed by atoms with Crippen LogP contribution in [0.4, 0.5) is 4.79 Å². The molecule has 0 aliphatic carbocycles. The molecule has 1 heterocycles. The van der Waals surface area contributed by atoms with E-state index in [1.165, 1.54) is 12.0 Å². The summed E-state index contributed by atoms with van der Waals surface area (Å²) in [4.78, 5) is 26.5. The third-order valence-electron chi connectivity index (χ3n) is 4.92. The van der Waals surface area contributed by atoms with E-state index in [9.17, 15) is 14.9 Å². The SMILES string of the molecule is CCCc1cc(Br)ccc1C[C@@H](C#N)NC(=O)C1(OC)CN(C(=O)OC(C)(C)C)C1. The molecule has 0 radical (unpaired) electrons. The zero-order chi connectivity index (χ0) is 22.5. The largest absolute Gasteiger partial charge is 0.444 e. The molecule has 30 heavy (non-hydrogen) atoms. The van der Waals surface area contributed by atoms with Gasteiger partial charge < -0.3 is 19.7 Å². The van der Waals surface area contributed by atoms with Crippen molar-refractivity contribution in [2.24, 2.45) is 0 Å². The summed E-state index contributed by atoms with van der Waals surface area (Å²) >= 11 is 3.48. The Hall–Kier alpha value is -2.11. The van der Waals surface area contributed by atoms with Gasteiger partial charge in [0.2, 0.25) is 0 Å². The number of benzene rings is 1. The van der Waals surface area contributed by atoms with Gasteiger partial charge in [-0.15, -0.1) is 0 Å². The number of nitrogens with one attached hydrogen (secondary N) is 1. The van der Waals surface area contributed by atoms with Crippen LogP contribution in [0.1, 0.15) is 45.2 Å². The number of carbonyl (C=O) groups excluding carboxylic acids is 2. The van der Waals surface area contributed by atoms with E-state index in [0.29, 0.717) is 6.42 Å². The maximum absolute atomic E-state index is 12.9. The zero-order valence-corrected chi connectivity index (χ0v) is 19.8. The predicted molar refractivity (Wildman–Crippen MR) is 117 cm³/mol. The Bertz CT molecular complexity index is 823. The second kappa shape index (κ2) is 9.80. The number of hydrogen-bond donors (Lipinski definition) is 1. The molecule has 0 aromatic heterocycles. The predicted octanol–water partition coefficient (Wildman–Crippen LogP) is 3.59. The van der Waals surface area contributed by atoms with E-state index < -0.39 is 29.2 Å². The number of rotatable bonds is 7. The Balaban J connectivity index is 2.03. The lowest BCUT2D eigenvalue weighted by molar-refractivity contribution is -0.164. The molecule has 1 aliphatic rings. The average Bonchev–Trinajstić information content (AvgIpc) is 2.61. The molecule has 1 atom stereocenters.